The third-order valence-corrected chi connectivity index (χ3v) is 3.79. The van der Waals surface area contributed by atoms with Crippen LogP contribution in [0.1, 0.15) is 12.5 Å². The van der Waals surface area contributed by atoms with Crippen molar-refractivity contribution in [3.8, 4) is 5.69 Å². The zero-order chi connectivity index (χ0) is 13.2. The Morgan fingerprint density at radius 1 is 1.26 bits per heavy atom. The van der Waals surface area contributed by atoms with Crippen LogP contribution in [0.5, 0.6) is 0 Å². The van der Waals surface area contributed by atoms with E-state index >= 15 is 0 Å². The molecular weight excluding hydrogens is 238 g/mol. The molecule has 2 unspecified atom stereocenters. The van der Waals surface area contributed by atoms with Crippen molar-refractivity contribution in [2.24, 2.45) is 5.92 Å². The van der Waals surface area contributed by atoms with E-state index in [1.165, 1.54) is 5.56 Å². The molecule has 19 heavy (non-hydrogen) atoms. The first-order chi connectivity index (χ1) is 9.22. The van der Waals surface area contributed by atoms with E-state index in [1.54, 1.807) is 12.5 Å². The lowest BCUT2D eigenvalue weighted by atomic mass is 10.1. The fourth-order valence-corrected chi connectivity index (χ4v) is 2.62. The van der Waals surface area contributed by atoms with E-state index in [0.29, 0.717) is 5.92 Å². The van der Waals surface area contributed by atoms with E-state index in [1.807, 2.05) is 10.8 Å². The van der Waals surface area contributed by atoms with Gasteiger partial charge in [0, 0.05) is 37.7 Å². The summed E-state index contributed by atoms with van der Waals surface area (Å²) in [5, 5.41) is 9.76. The van der Waals surface area contributed by atoms with Gasteiger partial charge in [-0.1, -0.05) is 19.1 Å². The van der Waals surface area contributed by atoms with E-state index in [-0.39, 0.29) is 6.10 Å². The van der Waals surface area contributed by atoms with Gasteiger partial charge in [0.2, 0.25) is 0 Å². The zero-order valence-electron chi connectivity index (χ0n) is 11.1. The molecule has 1 aliphatic rings. The van der Waals surface area contributed by atoms with Gasteiger partial charge >= 0.3 is 0 Å². The van der Waals surface area contributed by atoms with Gasteiger partial charge in [-0.2, -0.15) is 0 Å². The summed E-state index contributed by atoms with van der Waals surface area (Å²) in [6, 6.07) is 8.50. The molecule has 100 valence electrons. The first-order valence-electron chi connectivity index (χ1n) is 6.70. The summed E-state index contributed by atoms with van der Waals surface area (Å²) >= 11 is 0. The fraction of sp³-hybridized carbons (Fsp3) is 0.400. The molecule has 0 amide bonds. The minimum atomic E-state index is -0.176. The van der Waals surface area contributed by atoms with Crippen molar-refractivity contribution in [3.63, 3.8) is 0 Å². The van der Waals surface area contributed by atoms with Gasteiger partial charge in [0.25, 0.3) is 0 Å². The number of aliphatic hydroxyl groups is 1. The summed E-state index contributed by atoms with van der Waals surface area (Å²) < 4.78 is 1.99. The van der Waals surface area contributed by atoms with Crippen molar-refractivity contribution in [2.75, 3.05) is 13.1 Å². The fourth-order valence-electron chi connectivity index (χ4n) is 2.62. The number of nitrogens with zero attached hydrogens (tertiary/aromatic N) is 3. The van der Waals surface area contributed by atoms with Gasteiger partial charge < -0.3 is 9.67 Å². The summed E-state index contributed by atoms with van der Waals surface area (Å²) in [4.78, 5) is 6.35. The van der Waals surface area contributed by atoms with Crippen molar-refractivity contribution in [1.82, 2.24) is 14.5 Å². The largest absolute Gasteiger partial charge is 0.391 e. The lowest BCUT2D eigenvalue weighted by Gasteiger charge is -2.15. The van der Waals surface area contributed by atoms with Crippen molar-refractivity contribution >= 4 is 0 Å². The summed E-state index contributed by atoms with van der Waals surface area (Å²) in [7, 11) is 0. The van der Waals surface area contributed by atoms with Gasteiger partial charge in [-0.05, 0) is 23.6 Å². The zero-order valence-corrected chi connectivity index (χ0v) is 11.1. The lowest BCUT2D eigenvalue weighted by molar-refractivity contribution is 0.147. The van der Waals surface area contributed by atoms with Crippen molar-refractivity contribution in [2.45, 2.75) is 19.6 Å². The predicted octanol–water partition coefficient (Wildman–Crippen LogP) is 1.68. The number of aliphatic hydroxyl groups excluding tert-OH is 1. The number of imidazole rings is 1. The van der Waals surface area contributed by atoms with Gasteiger partial charge in [0.05, 0.1) is 12.4 Å². The van der Waals surface area contributed by atoms with E-state index in [0.717, 1.165) is 25.3 Å². The maximum absolute atomic E-state index is 9.76. The molecule has 2 heterocycles. The second-order valence-electron chi connectivity index (χ2n) is 5.38. The number of hydrogen-bond acceptors (Lipinski definition) is 3. The Morgan fingerprint density at radius 3 is 2.63 bits per heavy atom. The van der Waals surface area contributed by atoms with Gasteiger partial charge in [-0.15, -0.1) is 0 Å². The van der Waals surface area contributed by atoms with Gasteiger partial charge in [-0.25, -0.2) is 4.98 Å². The van der Waals surface area contributed by atoms with E-state index in [2.05, 4.69) is 41.1 Å². The molecule has 1 N–H and O–H groups in total. The highest BCUT2D eigenvalue weighted by molar-refractivity contribution is 5.34. The van der Waals surface area contributed by atoms with Crippen LogP contribution in [-0.4, -0.2) is 38.8 Å². The highest BCUT2D eigenvalue weighted by Crippen LogP contribution is 2.19. The number of benzene rings is 1. The number of hydrogen-bond donors (Lipinski definition) is 1. The van der Waals surface area contributed by atoms with E-state index < -0.39 is 0 Å². The van der Waals surface area contributed by atoms with Crippen molar-refractivity contribution in [3.05, 3.63) is 48.5 Å². The van der Waals surface area contributed by atoms with E-state index in [4.69, 9.17) is 0 Å². The van der Waals surface area contributed by atoms with Crippen molar-refractivity contribution < 1.29 is 5.11 Å². The third kappa shape index (κ3) is 2.69. The van der Waals surface area contributed by atoms with Crippen LogP contribution in [-0.2, 0) is 6.54 Å². The highest BCUT2D eigenvalue weighted by atomic mass is 16.3. The molecule has 4 nitrogen and oxygen atoms in total. The minimum Gasteiger partial charge on any atom is -0.391 e. The Morgan fingerprint density at radius 2 is 2.05 bits per heavy atom. The molecule has 2 aromatic rings. The second kappa shape index (κ2) is 5.15. The van der Waals surface area contributed by atoms with Crippen LogP contribution in [0.3, 0.4) is 0 Å². The predicted molar refractivity (Wildman–Crippen MR) is 74.0 cm³/mol. The smallest absolute Gasteiger partial charge is 0.0991 e. The Labute approximate surface area is 113 Å². The molecule has 0 aliphatic carbocycles. The standard InChI is InChI=1S/C15H19N3O/c1-12-8-17(10-15(12)19)9-13-2-4-14(5-3-13)18-7-6-16-11-18/h2-7,11-12,15,19H,8-10H2,1H3. The SMILES string of the molecule is CC1CN(Cc2ccc(-n3ccnc3)cc2)CC1O. The number of β-amino-alcohol motifs (C(OH)–C–C–N with tert-alkyl or cyclic N) is 1. The molecule has 1 saturated heterocycles. The van der Waals surface area contributed by atoms with Crippen molar-refractivity contribution in [1.29, 1.82) is 0 Å². The average molecular weight is 257 g/mol. The van der Waals surface area contributed by atoms with Gasteiger partial charge in [0.1, 0.15) is 0 Å². The minimum absolute atomic E-state index is 0.176. The maximum Gasteiger partial charge on any atom is 0.0991 e. The van der Waals surface area contributed by atoms with Gasteiger partial charge in [0.15, 0.2) is 0 Å². The number of likely N-dealkylation sites (tertiary alicyclic amines) is 1. The Hall–Kier alpha value is -1.65. The molecule has 4 heteroatoms. The summed E-state index contributed by atoms with van der Waals surface area (Å²) in [5.41, 5.74) is 2.40. The molecule has 0 spiro atoms. The van der Waals surface area contributed by atoms with Crippen LogP contribution < -0.4 is 0 Å². The first-order valence-corrected chi connectivity index (χ1v) is 6.70. The van der Waals surface area contributed by atoms with Crippen LogP contribution in [0.4, 0.5) is 0 Å². The topological polar surface area (TPSA) is 41.3 Å². The number of aromatic nitrogens is 2. The molecule has 1 aromatic carbocycles. The Balaban J connectivity index is 1.67. The van der Waals surface area contributed by atoms with Crippen LogP contribution in [0.2, 0.25) is 0 Å². The maximum atomic E-state index is 9.76. The summed E-state index contributed by atoms with van der Waals surface area (Å²) in [6.07, 6.45) is 5.34. The third-order valence-electron chi connectivity index (χ3n) is 3.79. The van der Waals surface area contributed by atoms with Crippen LogP contribution in [0.25, 0.3) is 5.69 Å². The molecule has 0 saturated carbocycles. The molecule has 1 fully saturated rings. The molecule has 1 aromatic heterocycles. The Kier molecular flexibility index (Phi) is 3.36. The average Bonchev–Trinajstić information content (AvgIpc) is 3.02. The first kappa shape index (κ1) is 12.4. The highest BCUT2D eigenvalue weighted by Gasteiger charge is 2.27. The van der Waals surface area contributed by atoms with Crippen LogP contribution in [0.15, 0.2) is 43.0 Å². The van der Waals surface area contributed by atoms with Gasteiger partial charge in [-0.3, -0.25) is 4.90 Å². The quantitative estimate of drug-likeness (QED) is 0.909. The molecular formula is C15H19N3O. The molecule has 3 rings (SSSR count). The summed E-state index contributed by atoms with van der Waals surface area (Å²) in [5.74, 6) is 0.380. The molecule has 0 radical (unpaired) electrons. The lowest BCUT2D eigenvalue weighted by Crippen LogP contribution is -2.21. The molecule has 2 atom stereocenters. The van der Waals surface area contributed by atoms with Crippen LogP contribution in [0, 0.1) is 5.92 Å². The Bertz CT molecular complexity index is 511. The normalized spacial score (nSPS) is 23.9. The molecule has 0 bridgehead atoms. The molecule has 1 aliphatic heterocycles. The number of rotatable bonds is 3. The van der Waals surface area contributed by atoms with Crippen LogP contribution >= 0.6 is 0 Å². The second-order valence-corrected chi connectivity index (χ2v) is 5.38. The summed E-state index contributed by atoms with van der Waals surface area (Å²) in [6.45, 7) is 4.77. The monoisotopic (exact) mass is 257 g/mol. The van der Waals surface area contributed by atoms with E-state index in [9.17, 15) is 5.11 Å².